The van der Waals surface area contributed by atoms with Crippen LogP contribution in [0.1, 0.15) is 33.1 Å². The zero-order valence-electron chi connectivity index (χ0n) is 12.8. The Labute approximate surface area is 132 Å². The van der Waals surface area contributed by atoms with E-state index >= 15 is 0 Å². The number of carbonyl (C=O) groups is 5. The number of rotatable bonds is 7. The Kier molecular flexibility index (Phi) is 6.64. The number of carbonyl (C=O) groups excluding carboxylic acids is 5. The molecule has 10 nitrogen and oxygen atoms in total. The van der Waals surface area contributed by atoms with Gasteiger partial charge in [0.1, 0.15) is 12.1 Å². The molecule has 0 bridgehead atoms. The molecule has 0 saturated carbocycles. The van der Waals surface area contributed by atoms with E-state index in [-0.39, 0.29) is 25.9 Å². The molecule has 1 fully saturated rings. The van der Waals surface area contributed by atoms with E-state index in [4.69, 9.17) is 5.11 Å². The predicted molar refractivity (Wildman–Crippen MR) is 74.1 cm³/mol. The van der Waals surface area contributed by atoms with Crippen LogP contribution in [0.15, 0.2) is 0 Å². The van der Waals surface area contributed by atoms with Gasteiger partial charge in [-0.1, -0.05) is 0 Å². The van der Waals surface area contributed by atoms with Gasteiger partial charge in [-0.05, 0) is 13.8 Å². The van der Waals surface area contributed by atoms with Gasteiger partial charge in [0.2, 0.25) is 11.8 Å². The second-order valence-corrected chi connectivity index (χ2v) is 4.99. The van der Waals surface area contributed by atoms with Crippen LogP contribution in [-0.2, 0) is 28.8 Å². The zero-order chi connectivity index (χ0) is 17.6. The Morgan fingerprint density at radius 1 is 1.13 bits per heavy atom. The van der Waals surface area contributed by atoms with Crippen LogP contribution in [-0.4, -0.2) is 58.5 Å². The van der Waals surface area contributed by atoms with Crippen molar-refractivity contribution in [1.82, 2.24) is 15.7 Å². The normalized spacial score (nSPS) is 16.7. The van der Waals surface area contributed by atoms with E-state index in [2.05, 4.69) is 15.5 Å². The highest BCUT2D eigenvalue weighted by molar-refractivity contribution is 6.02. The van der Waals surface area contributed by atoms with E-state index in [9.17, 15) is 24.0 Å². The molecule has 0 radical (unpaired) electrons. The number of hydrogen-bond donors (Lipinski definition) is 3. The molecule has 1 aliphatic heterocycles. The number of hydroxylamine groups is 2. The van der Waals surface area contributed by atoms with Gasteiger partial charge < -0.3 is 20.6 Å². The monoisotopic (exact) mass is 329 g/mol. The number of nitrogens with one attached hydrogen (secondary N) is 2. The van der Waals surface area contributed by atoms with Crippen molar-refractivity contribution in [3.8, 4) is 0 Å². The number of hydrogen-bond acceptors (Lipinski definition) is 7. The highest BCUT2D eigenvalue weighted by Gasteiger charge is 2.34. The van der Waals surface area contributed by atoms with Gasteiger partial charge in [0.05, 0.1) is 6.61 Å². The van der Waals surface area contributed by atoms with Crippen molar-refractivity contribution in [2.24, 2.45) is 0 Å². The van der Waals surface area contributed by atoms with Crippen molar-refractivity contribution < 1.29 is 33.9 Å². The molecule has 0 aromatic carbocycles. The summed E-state index contributed by atoms with van der Waals surface area (Å²) in [7, 11) is 0. The fourth-order valence-electron chi connectivity index (χ4n) is 1.70. The van der Waals surface area contributed by atoms with Crippen LogP contribution >= 0.6 is 0 Å². The van der Waals surface area contributed by atoms with E-state index in [0.717, 1.165) is 0 Å². The Bertz CT molecular complexity index is 504. The van der Waals surface area contributed by atoms with Crippen molar-refractivity contribution in [3.05, 3.63) is 0 Å². The summed E-state index contributed by atoms with van der Waals surface area (Å²) in [6.07, 6.45) is -0.198. The minimum absolute atomic E-state index is 0.0270. The van der Waals surface area contributed by atoms with E-state index in [1.165, 1.54) is 13.8 Å². The van der Waals surface area contributed by atoms with Gasteiger partial charge in [0.25, 0.3) is 11.8 Å². The molecule has 0 aliphatic carbocycles. The summed E-state index contributed by atoms with van der Waals surface area (Å²) >= 11 is 0. The third-order valence-corrected chi connectivity index (χ3v) is 3.01. The zero-order valence-corrected chi connectivity index (χ0v) is 12.8. The summed E-state index contributed by atoms with van der Waals surface area (Å²) < 4.78 is 0. The molecule has 0 spiro atoms. The standard InChI is InChI=1S/C13H19N3O7/c1-7(14-9(18)5-6-17)12(21)15-8(2)13(22)23-16-10(19)3-4-11(16)20/h7-8,17H,3-6H2,1-2H3,(H,14,18)(H,15,21). The largest absolute Gasteiger partial charge is 0.396 e. The highest BCUT2D eigenvalue weighted by atomic mass is 16.7. The van der Waals surface area contributed by atoms with Crippen molar-refractivity contribution in [2.45, 2.75) is 45.2 Å². The van der Waals surface area contributed by atoms with Crippen LogP contribution in [0.4, 0.5) is 0 Å². The second-order valence-electron chi connectivity index (χ2n) is 4.99. The van der Waals surface area contributed by atoms with Gasteiger partial charge in [-0.15, -0.1) is 5.06 Å². The Hall–Kier alpha value is -2.49. The van der Waals surface area contributed by atoms with E-state index in [1.54, 1.807) is 0 Å². The van der Waals surface area contributed by atoms with Crippen molar-refractivity contribution in [2.75, 3.05) is 6.61 Å². The molecule has 23 heavy (non-hydrogen) atoms. The maximum atomic E-state index is 11.8. The van der Waals surface area contributed by atoms with Crippen molar-refractivity contribution in [1.29, 1.82) is 0 Å². The minimum Gasteiger partial charge on any atom is -0.396 e. The lowest BCUT2D eigenvalue weighted by Crippen LogP contribution is -2.50. The lowest BCUT2D eigenvalue weighted by Gasteiger charge is -2.19. The molecule has 1 saturated heterocycles. The molecular weight excluding hydrogens is 310 g/mol. The van der Waals surface area contributed by atoms with Gasteiger partial charge in [-0.2, -0.15) is 0 Å². The first kappa shape index (κ1) is 18.6. The third kappa shape index (κ3) is 5.33. The molecule has 1 rings (SSSR count). The van der Waals surface area contributed by atoms with Gasteiger partial charge in [0.15, 0.2) is 0 Å². The summed E-state index contributed by atoms with van der Waals surface area (Å²) in [5.41, 5.74) is 0. The molecule has 0 aromatic rings. The maximum absolute atomic E-state index is 11.8. The number of aliphatic hydroxyl groups is 1. The quantitative estimate of drug-likeness (QED) is 0.458. The number of aliphatic hydroxyl groups excluding tert-OH is 1. The SMILES string of the molecule is CC(NC(=O)CCO)C(=O)NC(C)C(=O)ON1C(=O)CCC1=O. The van der Waals surface area contributed by atoms with Crippen LogP contribution in [0, 0.1) is 0 Å². The molecule has 4 amide bonds. The average Bonchev–Trinajstić information content (AvgIpc) is 2.78. The fraction of sp³-hybridized carbons (Fsp3) is 0.615. The fourth-order valence-corrected chi connectivity index (χ4v) is 1.70. The molecule has 128 valence electrons. The van der Waals surface area contributed by atoms with Crippen molar-refractivity contribution in [3.63, 3.8) is 0 Å². The van der Waals surface area contributed by atoms with Crippen LogP contribution in [0.25, 0.3) is 0 Å². The molecule has 3 N–H and O–H groups in total. The summed E-state index contributed by atoms with van der Waals surface area (Å²) in [6, 6.07) is -2.06. The number of amides is 4. The topological polar surface area (TPSA) is 142 Å². The lowest BCUT2D eigenvalue weighted by molar-refractivity contribution is -0.198. The van der Waals surface area contributed by atoms with Gasteiger partial charge >= 0.3 is 5.97 Å². The van der Waals surface area contributed by atoms with Crippen molar-refractivity contribution >= 4 is 29.6 Å². The minimum atomic E-state index is -1.12. The number of imide groups is 1. The third-order valence-electron chi connectivity index (χ3n) is 3.01. The van der Waals surface area contributed by atoms with Gasteiger partial charge in [-0.3, -0.25) is 19.2 Å². The first-order valence-corrected chi connectivity index (χ1v) is 7.04. The van der Waals surface area contributed by atoms with Crippen LogP contribution < -0.4 is 10.6 Å². The maximum Gasteiger partial charge on any atom is 0.354 e. The molecule has 1 aliphatic rings. The second kappa shape index (κ2) is 8.22. The molecular formula is C13H19N3O7. The predicted octanol–water partition coefficient (Wildman–Crippen LogP) is -2.01. The molecule has 1 heterocycles. The summed E-state index contributed by atoms with van der Waals surface area (Å²) in [4.78, 5) is 62.2. The Balaban J connectivity index is 2.47. The van der Waals surface area contributed by atoms with E-state index < -0.39 is 41.7 Å². The van der Waals surface area contributed by atoms with Gasteiger partial charge in [-0.25, -0.2) is 4.79 Å². The van der Waals surface area contributed by atoms with E-state index in [1.807, 2.05) is 0 Å². The highest BCUT2D eigenvalue weighted by Crippen LogP contribution is 2.12. The number of nitrogens with zero attached hydrogens (tertiary/aromatic N) is 1. The van der Waals surface area contributed by atoms with Crippen LogP contribution in [0.5, 0.6) is 0 Å². The Morgan fingerprint density at radius 3 is 2.22 bits per heavy atom. The molecule has 2 atom stereocenters. The summed E-state index contributed by atoms with van der Waals surface area (Å²) in [6.45, 7) is 2.37. The molecule has 0 aromatic heterocycles. The van der Waals surface area contributed by atoms with Crippen LogP contribution in [0.3, 0.4) is 0 Å². The van der Waals surface area contributed by atoms with Crippen LogP contribution in [0.2, 0.25) is 0 Å². The molecule has 2 unspecified atom stereocenters. The summed E-state index contributed by atoms with van der Waals surface area (Å²) in [5.74, 6) is -3.38. The lowest BCUT2D eigenvalue weighted by atomic mass is 10.2. The average molecular weight is 329 g/mol. The van der Waals surface area contributed by atoms with E-state index in [0.29, 0.717) is 5.06 Å². The Morgan fingerprint density at radius 2 is 1.70 bits per heavy atom. The smallest absolute Gasteiger partial charge is 0.354 e. The first-order valence-electron chi connectivity index (χ1n) is 7.04. The molecule has 10 heteroatoms. The summed E-state index contributed by atoms with van der Waals surface area (Å²) in [5, 5.41) is 13.6. The van der Waals surface area contributed by atoms with Gasteiger partial charge in [0, 0.05) is 19.3 Å². The first-order chi connectivity index (χ1) is 10.8.